The number of benzene rings is 1. The van der Waals surface area contributed by atoms with Gasteiger partial charge in [-0.1, -0.05) is 18.2 Å². The standard InChI is InChI=1S/C16H20F3N3O/c1-11(12(2)22-9-5-8-21-22)20-10-15(23)13-6-3-4-7-14(13)16(17,18)19/h3-9,11-12,15,20,23H,10H2,1-2H3/t11-,12+,15-/m0/s1. The normalized spacial score (nSPS) is 16.1. The van der Waals surface area contributed by atoms with Gasteiger partial charge in [0.15, 0.2) is 0 Å². The van der Waals surface area contributed by atoms with Crippen molar-refractivity contribution in [2.75, 3.05) is 6.54 Å². The van der Waals surface area contributed by atoms with Crippen LogP contribution in [-0.4, -0.2) is 27.5 Å². The van der Waals surface area contributed by atoms with E-state index in [1.165, 1.54) is 18.2 Å². The third-order valence-electron chi connectivity index (χ3n) is 3.92. The monoisotopic (exact) mass is 327 g/mol. The summed E-state index contributed by atoms with van der Waals surface area (Å²) in [6, 6.07) is 6.83. The molecule has 3 atom stereocenters. The maximum absolute atomic E-state index is 13.0. The number of rotatable bonds is 6. The highest BCUT2D eigenvalue weighted by Crippen LogP contribution is 2.34. The molecule has 0 aliphatic rings. The third-order valence-corrected chi connectivity index (χ3v) is 3.92. The quantitative estimate of drug-likeness (QED) is 0.857. The maximum atomic E-state index is 13.0. The van der Waals surface area contributed by atoms with Crippen LogP contribution >= 0.6 is 0 Å². The zero-order chi connectivity index (χ0) is 17.0. The Labute approximate surface area is 132 Å². The average molecular weight is 327 g/mol. The van der Waals surface area contributed by atoms with Crippen LogP contribution in [0.5, 0.6) is 0 Å². The molecule has 0 aliphatic carbocycles. The molecule has 0 saturated carbocycles. The summed E-state index contributed by atoms with van der Waals surface area (Å²) in [4.78, 5) is 0. The highest BCUT2D eigenvalue weighted by molar-refractivity contribution is 5.31. The van der Waals surface area contributed by atoms with Crippen LogP contribution < -0.4 is 5.32 Å². The van der Waals surface area contributed by atoms with E-state index in [2.05, 4.69) is 10.4 Å². The van der Waals surface area contributed by atoms with Gasteiger partial charge in [0.05, 0.1) is 17.7 Å². The van der Waals surface area contributed by atoms with Gasteiger partial charge in [0, 0.05) is 25.0 Å². The first-order valence-electron chi connectivity index (χ1n) is 7.37. The van der Waals surface area contributed by atoms with Crippen molar-refractivity contribution < 1.29 is 18.3 Å². The first-order valence-corrected chi connectivity index (χ1v) is 7.37. The Morgan fingerprint density at radius 3 is 2.52 bits per heavy atom. The molecule has 0 bridgehead atoms. The van der Waals surface area contributed by atoms with Gasteiger partial charge in [-0.25, -0.2) is 0 Å². The van der Waals surface area contributed by atoms with Crippen LogP contribution in [0.3, 0.4) is 0 Å². The maximum Gasteiger partial charge on any atom is 0.416 e. The molecule has 2 aromatic rings. The van der Waals surface area contributed by atoms with E-state index in [4.69, 9.17) is 0 Å². The molecular formula is C16H20F3N3O. The topological polar surface area (TPSA) is 50.1 Å². The molecule has 0 aliphatic heterocycles. The Morgan fingerprint density at radius 1 is 1.22 bits per heavy atom. The predicted octanol–water partition coefficient (Wildman–Crippen LogP) is 3.17. The van der Waals surface area contributed by atoms with Gasteiger partial charge >= 0.3 is 6.18 Å². The summed E-state index contributed by atoms with van der Waals surface area (Å²) in [5.41, 5.74) is -0.923. The molecule has 0 radical (unpaired) electrons. The summed E-state index contributed by atoms with van der Waals surface area (Å²) < 4.78 is 40.7. The first kappa shape index (κ1) is 17.5. The van der Waals surface area contributed by atoms with E-state index < -0.39 is 17.8 Å². The van der Waals surface area contributed by atoms with Gasteiger partial charge in [-0.05, 0) is 31.5 Å². The Hall–Kier alpha value is -1.86. The second kappa shape index (κ2) is 7.14. The SMILES string of the molecule is C[C@H](NC[C@H](O)c1ccccc1C(F)(F)F)[C@@H](C)n1cccn1. The molecule has 7 heteroatoms. The first-order chi connectivity index (χ1) is 10.8. The fraction of sp³-hybridized carbons (Fsp3) is 0.438. The molecule has 23 heavy (non-hydrogen) atoms. The summed E-state index contributed by atoms with van der Waals surface area (Å²) in [5, 5.41) is 17.3. The summed E-state index contributed by atoms with van der Waals surface area (Å²) >= 11 is 0. The van der Waals surface area contributed by atoms with Gasteiger partial charge in [0.25, 0.3) is 0 Å². The van der Waals surface area contributed by atoms with E-state index in [9.17, 15) is 18.3 Å². The van der Waals surface area contributed by atoms with E-state index >= 15 is 0 Å². The van der Waals surface area contributed by atoms with E-state index in [-0.39, 0.29) is 24.2 Å². The number of halogens is 3. The summed E-state index contributed by atoms with van der Waals surface area (Å²) in [5.74, 6) is 0. The average Bonchev–Trinajstić information content (AvgIpc) is 3.05. The van der Waals surface area contributed by atoms with Gasteiger partial charge < -0.3 is 10.4 Å². The van der Waals surface area contributed by atoms with Crippen molar-refractivity contribution in [1.29, 1.82) is 0 Å². The lowest BCUT2D eigenvalue weighted by atomic mass is 10.0. The summed E-state index contributed by atoms with van der Waals surface area (Å²) in [6.07, 6.45) is -2.23. The Bertz CT molecular complexity index is 613. The van der Waals surface area contributed by atoms with E-state index in [0.717, 1.165) is 6.07 Å². The summed E-state index contributed by atoms with van der Waals surface area (Å²) in [7, 11) is 0. The van der Waals surface area contributed by atoms with Crippen LogP contribution in [0.4, 0.5) is 13.2 Å². The molecule has 2 N–H and O–H groups in total. The Kier molecular flexibility index (Phi) is 5.43. The highest BCUT2D eigenvalue weighted by Gasteiger charge is 2.34. The molecule has 1 aromatic heterocycles. The molecule has 1 aromatic carbocycles. The van der Waals surface area contributed by atoms with Crippen LogP contribution in [0, 0.1) is 0 Å². The molecular weight excluding hydrogens is 307 g/mol. The molecule has 0 saturated heterocycles. The zero-order valence-corrected chi connectivity index (χ0v) is 13.0. The number of aromatic nitrogens is 2. The van der Waals surface area contributed by atoms with Crippen molar-refractivity contribution in [3.8, 4) is 0 Å². The van der Waals surface area contributed by atoms with Crippen LogP contribution in [-0.2, 0) is 6.18 Å². The van der Waals surface area contributed by atoms with E-state index in [1.54, 1.807) is 16.9 Å². The number of alkyl halides is 3. The van der Waals surface area contributed by atoms with Gasteiger partial charge in [-0.15, -0.1) is 0 Å². The smallest absolute Gasteiger partial charge is 0.387 e. The second-order valence-electron chi connectivity index (χ2n) is 5.52. The molecule has 0 fully saturated rings. The minimum Gasteiger partial charge on any atom is -0.387 e. The zero-order valence-electron chi connectivity index (χ0n) is 13.0. The summed E-state index contributed by atoms with van der Waals surface area (Å²) in [6.45, 7) is 3.87. The van der Waals surface area contributed by atoms with Crippen molar-refractivity contribution in [3.05, 3.63) is 53.9 Å². The lowest BCUT2D eigenvalue weighted by molar-refractivity contribution is -0.139. The number of hydrogen-bond acceptors (Lipinski definition) is 3. The number of hydrogen-bond donors (Lipinski definition) is 2. The number of aliphatic hydroxyl groups excluding tert-OH is 1. The van der Waals surface area contributed by atoms with Crippen LogP contribution in [0.2, 0.25) is 0 Å². The van der Waals surface area contributed by atoms with Crippen molar-refractivity contribution in [3.63, 3.8) is 0 Å². The van der Waals surface area contributed by atoms with Crippen LogP contribution in [0.1, 0.15) is 37.1 Å². The second-order valence-corrected chi connectivity index (χ2v) is 5.52. The van der Waals surface area contributed by atoms with Crippen molar-refractivity contribution in [2.24, 2.45) is 0 Å². The van der Waals surface area contributed by atoms with Gasteiger partial charge in [0.2, 0.25) is 0 Å². The molecule has 1 heterocycles. The van der Waals surface area contributed by atoms with Gasteiger partial charge in [-0.3, -0.25) is 4.68 Å². The van der Waals surface area contributed by atoms with Gasteiger partial charge in [-0.2, -0.15) is 18.3 Å². The molecule has 126 valence electrons. The molecule has 4 nitrogen and oxygen atoms in total. The minimum absolute atomic E-state index is 0.00931. The lowest BCUT2D eigenvalue weighted by Gasteiger charge is -2.24. The largest absolute Gasteiger partial charge is 0.416 e. The molecule has 0 spiro atoms. The van der Waals surface area contributed by atoms with Crippen LogP contribution in [0.15, 0.2) is 42.7 Å². The Morgan fingerprint density at radius 2 is 1.91 bits per heavy atom. The van der Waals surface area contributed by atoms with E-state index in [0.29, 0.717) is 0 Å². The molecule has 0 amide bonds. The van der Waals surface area contributed by atoms with E-state index in [1.807, 2.05) is 20.0 Å². The third kappa shape index (κ3) is 4.33. The van der Waals surface area contributed by atoms with Crippen LogP contribution in [0.25, 0.3) is 0 Å². The van der Waals surface area contributed by atoms with Crippen molar-refractivity contribution >= 4 is 0 Å². The molecule has 0 unspecified atom stereocenters. The van der Waals surface area contributed by atoms with Gasteiger partial charge in [0.1, 0.15) is 0 Å². The number of nitrogens with one attached hydrogen (secondary N) is 1. The Balaban J connectivity index is 2.01. The number of aliphatic hydroxyl groups is 1. The fourth-order valence-electron chi connectivity index (χ4n) is 2.37. The highest BCUT2D eigenvalue weighted by atomic mass is 19.4. The minimum atomic E-state index is -4.48. The predicted molar refractivity (Wildman–Crippen MR) is 80.8 cm³/mol. The molecule has 2 rings (SSSR count). The van der Waals surface area contributed by atoms with Crippen molar-refractivity contribution in [1.82, 2.24) is 15.1 Å². The number of nitrogens with zero attached hydrogens (tertiary/aromatic N) is 2. The fourth-order valence-corrected chi connectivity index (χ4v) is 2.37. The lowest BCUT2D eigenvalue weighted by Crippen LogP contribution is -2.36. The van der Waals surface area contributed by atoms with Crippen molar-refractivity contribution in [2.45, 2.75) is 38.2 Å².